The number of rotatable bonds is 4. The topological polar surface area (TPSA) is 77.8 Å². The maximum absolute atomic E-state index is 13.0. The molecular weight excluding hydrogens is 406 g/mol. The van der Waals surface area contributed by atoms with Gasteiger partial charge in [-0.25, -0.2) is 9.59 Å². The normalized spacial score (nSPS) is 13.7. The smallest absolute Gasteiger partial charge is 0.419 e. The highest BCUT2D eigenvalue weighted by Gasteiger charge is 2.44. The van der Waals surface area contributed by atoms with Crippen LogP contribution in [-0.2, 0) is 19.9 Å². The van der Waals surface area contributed by atoms with Crippen LogP contribution in [0.5, 0.6) is 0 Å². The average molecular weight is 430 g/mol. The van der Waals surface area contributed by atoms with Crippen molar-refractivity contribution in [1.82, 2.24) is 4.57 Å². The van der Waals surface area contributed by atoms with E-state index < -0.39 is 23.3 Å². The van der Waals surface area contributed by atoms with Crippen molar-refractivity contribution in [3.05, 3.63) is 70.9 Å². The van der Waals surface area contributed by atoms with Gasteiger partial charge in [0.1, 0.15) is 5.60 Å². The van der Waals surface area contributed by atoms with E-state index in [1.54, 1.807) is 76.2 Å². The fourth-order valence-corrected chi connectivity index (χ4v) is 3.37. The first-order valence-electron chi connectivity index (χ1n) is 9.57. The molecule has 0 saturated carbocycles. The highest BCUT2D eigenvalue weighted by Crippen LogP contribution is 2.37. The fraction of sp³-hybridized carbons (Fsp3) is 0.304. The Bertz CT molecular complexity index is 1080. The largest absolute Gasteiger partial charge is 0.463 e. The second kappa shape index (κ2) is 8.13. The van der Waals surface area contributed by atoms with Gasteiger partial charge in [-0.1, -0.05) is 41.9 Å². The van der Waals surface area contributed by atoms with Gasteiger partial charge >= 0.3 is 12.1 Å². The van der Waals surface area contributed by atoms with Crippen molar-refractivity contribution in [1.29, 1.82) is 0 Å². The van der Waals surface area contributed by atoms with Crippen LogP contribution >= 0.6 is 11.6 Å². The second-order valence-corrected chi connectivity index (χ2v) is 8.28. The van der Waals surface area contributed by atoms with Gasteiger partial charge in [-0.3, -0.25) is 4.57 Å². The summed E-state index contributed by atoms with van der Waals surface area (Å²) in [5, 5.41) is 12.7. The Labute approximate surface area is 180 Å². The Morgan fingerprint density at radius 2 is 1.70 bits per heavy atom. The molecule has 30 heavy (non-hydrogen) atoms. The van der Waals surface area contributed by atoms with Gasteiger partial charge in [0, 0.05) is 22.2 Å². The maximum Gasteiger partial charge on any atom is 0.419 e. The molecule has 0 amide bonds. The molecule has 1 aromatic heterocycles. The summed E-state index contributed by atoms with van der Waals surface area (Å²) in [6, 6.07) is 13.2. The van der Waals surface area contributed by atoms with Gasteiger partial charge in [-0.2, -0.15) is 0 Å². The number of fused-ring (bicyclic) bond motifs is 1. The number of carbonyl (C=O) groups excluding carboxylic acids is 2. The molecule has 0 unspecified atom stereocenters. The first-order valence-corrected chi connectivity index (χ1v) is 9.95. The number of para-hydroxylation sites is 1. The van der Waals surface area contributed by atoms with Crippen LogP contribution in [-0.4, -0.2) is 33.9 Å². The molecule has 158 valence electrons. The summed E-state index contributed by atoms with van der Waals surface area (Å²) in [7, 11) is 0. The number of hydrogen-bond acceptors (Lipinski definition) is 5. The van der Waals surface area contributed by atoms with Gasteiger partial charge < -0.3 is 14.6 Å². The second-order valence-electron chi connectivity index (χ2n) is 7.85. The molecule has 0 fully saturated rings. The van der Waals surface area contributed by atoms with Crippen LogP contribution in [0.3, 0.4) is 0 Å². The lowest BCUT2D eigenvalue weighted by Gasteiger charge is -2.26. The van der Waals surface area contributed by atoms with Gasteiger partial charge in [0.15, 0.2) is 0 Å². The van der Waals surface area contributed by atoms with E-state index in [0.717, 1.165) is 0 Å². The SMILES string of the molecule is CCOC(=O)[C@@](O)(c1ccc(Cl)cc1)c1cn(C(=O)OC(C)(C)C)c2ccccc12. The third-order valence-electron chi connectivity index (χ3n) is 4.52. The molecule has 0 saturated heterocycles. The maximum atomic E-state index is 13.0. The number of esters is 1. The van der Waals surface area contributed by atoms with Gasteiger partial charge in [0.2, 0.25) is 5.60 Å². The molecule has 1 N–H and O–H groups in total. The Kier molecular flexibility index (Phi) is 5.92. The predicted octanol–water partition coefficient (Wildman–Crippen LogP) is 4.88. The molecular formula is C23H24ClNO5. The molecule has 3 rings (SSSR count). The Morgan fingerprint density at radius 1 is 1.07 bits per heavy atom. The summed E-state index contributed by atoms with van der Waals surface area (Å²) in [5.41, 5.74) is -1.87. The zero-order chi connectivity index (χ0) is 22.1. The fourth-order valence-electron chi connectivity index (χ4n) is 3.24. The summed E-state index contributed by atoms with van der Waals surface area (Å²) in [6.45, 7) is 7.03. The van der Waals surface area contributed by atoms with E-state index in [1.807, 2.05) is 0 Å². The molecule has 3 aromatic rings. The minimum atomic E-state index is -2.15. The zero-order valence-corrected chi connectivity index (χ0v) is 18.1. The molecule has 0 aliphatic carbocycles. The summed E-state index contributed by atoms with van der Waals surface area (Å²) in [5.74, 6) is -0.848. The number of benzene rings is 2. The predicted molar refractivity (Wildman–Crippen MR) is 115 cm³/mol. The number of hydrogen-bond donors (Lipinski definition) is 1. The highest BCUT2D eigenvalue weighted by molar-refractivity contribution is 6.30. The van der Waals surface area contributed by atoms with E-state index in [0.29, 0.717) is 15.9 Å². The minimum Gasteiger partial charge on any atom is -0.463 e. The van der Waals surface area contributed by atoms with Crippen molar-refractivity contribution in [2.75, 3.05) is 6.61 Å². The number of carbonyl (C=O) groups is 2. The van der Waals surface area contributed by atoms with Crippen LogP contribution in [0.15, 0.2) is 54.7 Å². The standard InChI is InChI=1S/C23H24ClNO5/c1-5-29-20(26)23(28,15-10-12-16(24)13-11-15)18-14-25(21(27)30-22(2,3)4)19-9-7-6-8-17(18)19/h6-14,28H,5H2,1-4H3/t23-/m1/s1. The molecule has 2 aromatic carbocycles. The van der Waals surface area contributed by atoms with E-state index in [1.165, 1.54) is 10.8 Å². The van der Waals surface area contributed by atoms with Gasteiger partial charge in [-0.05, 0) is 51.5 Å². The van der Waals surface area contributed by atoms with E-state index in [2.05, 4.69) is 0 Å². The number of halogens is 1. The Balaban J connectivity index is 2.26. The monoisotopic (exact) mass is 429 g/mol. The van der Waals surface area contributed by atoms with Gasteiger partial charge in [-0.15, -0.1) is 0 Å². The van der Waals surface area contributed by atoms with E-state index in [-0.39, 0.29) is 17.7 Å². The molecule has 0 bridgehead atoms. The van der Waals surface area contributed by atoms with Crippen molar-refractivity contribution in [3.8, 4) is 0 Å². The third kappa shape index (κ3) is 4.06. The first-order chi connectivity index (χ1) is 14.1. The number of nitrogens with zero attached hydrogens (tertiary/aromatic N) is 1. The quantitative estimate of drug-likeness (QED) is 0.598. The van der Waals surface area contributed by atoms with Crippen molar-refractivity contribution in [2.24, 2.45) is 0 Å². The Morgan fingerprint density at radius 3 is 2.30 bits per heavy atom. The van der Waals surface area contributed by atoms with Crippen LogP contribution in [0.25, 0.3) is 10.9 Å². The molecule has 0 radical (unpaired) electrons. The summed E-state index contributed by atoms with van der Waals surface area (Å²) >= 11 is 5.99. The van der Waals surface area contributed by atoms with Crippen molar-refractivity contribution >= 4 is 34.6 Å². The lowest BCUT2D eigenvalue weighted by molar-refractivity contribution is -0.161. The van der Waals surface area contributed by atoms with Gasteiger partial charge in [0.05, 0.1) is 12.1 Å². The zero-order valence-electron chi connectivity index (χ0n) is 17.3. The molecule has 0 aliphatic heterocycles. The van der Waals surface area contributed by atoms with Crippen LogP contribution in [0, 0.1) is 0 Å². The number of ether oxygens (including phenoxy) is 2. The molecule has 0 spiro atoms. The molecule has 6 nitrogen and oxygen atoms in total. The summed E-state index contributed by atoms with van der Waals surface area (Å²) in [4.78, 5) is 25.8. The first kappa shape index (κ1) is 21.9. The molecule has 7 heteroatoms. The van der Waals surface area contributed by atoms with E-state index in [4.69, 9.17) is 21.1 Å². The molecule has 1 atom stereocenters. The minimum absolute atomic E-state index is 0.0828. The Hall–Kier alpha value is -2.83. The lowest BCUT2D eigenvalue weighted by Crippen LogP contribution is -2.38. The van der Waals surface area contributed by atoms with Crippen LogP contribution in [0.4, 0.5) is 4.79 Å². The average Bonchev–Trinajstić information content (AvgIpc) is 3.07. The molecule has 0 aliphatic rings. The summed E-state index contributed by atoms with van der Waals surface area (Å²) < 4.78 is 12.0. The van der Waals surface area contributed by atoms with Gasteiger partial charge in [0.25, 0.3) is 0 Å². The van der Waals surface area contributed by atoms with Crippen LogP contribution in [0.1, 0.15) is 38.8 Å². The van der Waals surface area contributed by atoms with Crippen LogP contribution < -0.4 is 0 Å². The van der Waals surface area contributed by atoms with Crippen molar-refractivity contribution in [3.63, 3.8) is 0 Å². The van der Waals surface area contributed by atoms with Crippen molar-refractivity contribution in [2.45, 2.75) is 38.9 Å². The van der Waals surface area contributed by atoms with Crippen LogP contribution in [0.2, 0.25) is 5.02 Å². The number of aliphatic hydroxyl groups is 1. The van der Waals surface area contributed by atoms with E-state index >= 15 is 0 Å². The highest BCUT2D eigenvalue weighted by atomic mass is 35.5. The number of aromatic nitrogens is 1. The van der Waals surface area contributed by atoms with Crippen molar-refractivity contribution < 1.29 is 24.2 Å². The lowest BCUT2D eigenvalue weighted by atomic mass is 9.86. The molecule has 1 heterocycles. The van der Waals surface area contributed by atoms with E-state index in [9.17, 15) is 14.7 Å². The summed E-state index contributed by atoms with van der Waals surface area (Å²) in [6.07, 6.45) is 0.803. The third-order valence-corrected chi connectivity index (χ3v) is 4.78.